The molecule has 242 valence electrons. The molecule has 0 aromatic carbocycles. The van der Waals surface area contributed by atoms with Gasteiger partial charge in [-0.3, -0.25) is 18.5 Å². The van der Waals surface area contributed by atoms with Crippen molar-refractivity contribution in [3.8, 4) is 0 Å². The van der Waals surface area contributed by atoms with Crippen molar-refractivity contribution in [1.29, 1.82) is 0 Å². The quantitative estimate of drug-likeness (QED) is 0.0703. The van der Waals surface area contributed by atoms with Crippen molar-refractivity contribution in [3.63, 3.8) is 0 Å². The number of hydrogen-bond acceptors (Lipinski definition) is 19. The van der Waals surface area contributed by atoms with E-state index in [2.05, 4.69) is 33.0 Å². The Labute approximate surface area is 234 Å². The first kappa shape index (κ1) is 35.2. The Morgan fingerprint density at radius 1 is 0.905 bits per heavy atom. The second kappa shape index (κ2) is 13.8. The molecule has 1 aromatic heterocycles. The standard InChI is InChI=1S/C16H28N3O20P3/c1-33-18-8-2-3-19(16(26)17-8)14-12(24)10(22)7(35-14)5-34-40(27,28)38-42(31,32)39-41(29,30)37-15-13(25)11(23)9(21)6(4-20)36-15/h2-3,6-7,9-15,20-25H,4-5H2,1H3,(H,27,28)(H,29,30)(H,31,32)(H,17,18,26)/t6-,7-,9-,10-,11+,12-,13-,14-,15-/m1/s1. The van der Waals surface area contributed by atoms with E-state index in [1.165, 1.54) is 13.2 Å². The summed E-state index contributed by atoms with van der Waals surface area (Å²) in [4.78, 5) is 49.7. The number of hydrogen-bond donors (Lipinski definition) is 10. The molecule has 23 nitrogen and oxygen atoms in total. The SMILES string of the molecule is CONc1ccn([C@@H]2O[C@H](COP(=O)(O)OP(=O)(O)OP(=O)(O)O[C@H]3O[C@H](CO)[C@@H](O)[C@H](O)[C@H]3O)[C@@H](O)[C@H]2O)c(=O)n1. The van der Waals surface area contributed by atoms with E-state index in [1.54, 1.807) is 0 Å². The number of aromatic nitrogens is 2. The maximum Gasteiger partial charge on any atom is 0.490 e. The van der Waals surface area contributed by atoms with E-state index in [4.69, 9.17) is 14.6 Å². The lowest BCUT2D eigenvalue weighted by Gasteiger charge is -2.39. The van der Waals surface area contributed by atoms with Crippen molar-refractivity contribution in [2.75, 3.05) is 25.8 Å². The van der Waals surface area contributed by atoms with Gasteiger partial charge in [0.05, 0.1) is 20.3 Å². The third-order valence-electron chi connectivity index (χ3n) is 5.55. The monoisotopic (exact) mass is 675 g/mol. The van der Waals surface area contributed by atoms with E-state index in [0.717, 1.165) is 10.8 Å². The highest BCUT2D eigenvalue weighted by molar-refractivity contribution is 7.66. The molecule has 42 heavy (non-hydrogen) atoms. The van der Waals surface area contributed by atoms with Crippen molar-refractivity contribution in [3.05, 3.63) is 22.7 Å². The van der Waals surface area contributed by atoms with Gasteiger partial charge in [-0.15, -0.1) is 0 Å². The number of nitrogens with one attached hydrogen (secondary N) is 1. The Morgan fingerprint density at radius 2 is 1.52 bits per heavy atom. The Hall–Kier alpha value is -1.27. The second-order valence-corrected chi connectivity index (χ2v) is 13.1. The first-order valence-electron chi connectivity index (χ1n) is 11.3. The third kappa shape index (κ3) is 8.67. The van der Waals surface area contributed by atoms with Crippen LogP contribution in [0.1, 0.15) is 6.23 Å². The Kier molecular flexibility index (Phi) is 11.6. The average Bonchev–Trinajstić information content (AvgIpc) is 3.15. The van der Waals surface area contributed by atoms with Crippen LogP contribution in [0.5, 0.6) is 0 Å². The largest absolute Gasteiger partial charge is 0.490 e. The van der Waals surface area contributed by atoms with Crippen LogP contribution >= 0.6 is 23.5 Å². The fraction of sp³-hybridized carbons (Fsp3) is 0.750. The van der Waals surface area contributed by atoms with Gasteiger partial charge in [0.15, 0.2) is 18.3 Å². The molecule has 3 rings (SSSR count). The van der Waals surface area contributed by atoms with E-state index in [-0.39, 0.29) is 5.82 Å². The normalized spacial score (nSPS) is 36.1. The van der Waals surface area contributed by atoms with Crippen molar-refractivity contribution in [1.82, 2.24) is 9.55 Å². The van der Waals surface area contributed by atoms with Gasteiger partial charge in [-0.2, -0.15) is 13.6 Å². The predicted molar refractivity (Wildman–Crippen MR) is 128 cm³/mol. The van der Waals surface area contributed by atoms with Gasteiger partial charge in [-0.1, -0.05) is 0 Å². The van der Waals surface area contributed by atoms with E-state index in [1.807, 2.05) is 0 Å². The molecule has 0 amide bonds. The molecule has 3 heterocycles. The highest BCUT2D eigenvalue weighted by Gasteiger charge is 2.50. The second-order valence-electron chi connectivity index (χ2n) is 8.52. The van der Waals surface area contributed by atoms with E-state index < -0.39 is 97.6 Å². The van der Waals surface area contributed by atoms with Gasteiger partial charge in [-0.25, -0.2) is 24.0 Å². The first-order valence-corrected chi connectivity index (χ1v) is 15.8. The number of aliphatic hydroxyl groups is 6. The van der Waals surface area contributed by atoms with Crippen LogP contribution in [0, 0.1) is 0 Å². The number of aliphatic hydroxyl groups excluding tert-OH is 6. The minimum Gasteiger partial charge on any atom is -0.394 e. The van der Waals surface area contributed by atoms with E-state index >= 15 is 0 Å². The van der Waals surface area contributed by atoms with Gasteiger partial charge < -0.3 is 54.8 Å². The molecule has 26 heteroatoms. The van der Waals surface area contributed by atoms with Gasteiger partial charge in [0.1, 0.15) is 42.7 Å². The molecule has 10 N–H and O–H groups in total. The molecule has 2 saturated heterocycles. The Balaban J connectivity index is 1.60. The fourth-order valence-corrected chi connectivity index (χ4v) is 7.22. The molecular formula is C16H28N3O20P3. The summed E-state index contributed by atoms with van der Waals surface area (Å²) in [5.74, 6) is -0.00768. The highest BCUT2D eigenvalue weighted by Crippen LogP contribution is 2.68. The van der Waals surface area contributed by atoms with Crippen LogP contribution in [0.25, 0.3) is 0 Å². The zero-order valence-corrected chi connectivity index (χ0v) is 23.7. The summed E-state index contributed by atoms with van der Waals surface area (Å²) in [7, 11) is -16.3. The summed E-state index contributed by atoms with van der Waals surface area (Å²) in [5.41, 5.74) is 1.32. The number of anilines is 1. The number of rotatable bonds is 13. The zero-order valence-electron chi connectivity index (χ0n) is 21.0. The van der Waals surface area contributed by atoms with Gasteiger partial charge >= 0.3 is 29.2 Å². The van der Waals surface area contributed by atoms with Gasteiger partial charge in [0, 0.05) is 6.20 Å². The maximum atomic E-state index is 12.2. The topological polar surface area (TPSA) is 345 Å². The molecule has 0 aliphatic carbocycles. The molecule has 3 unspecified atom stereocenters. The summed E-state index contributed by atoms with van der Waals surface area (Å²) in [6.45, 7) is -2.08. The van der Waals surface area contributed by atoms with E-state index in [0.29, 0.717) is 0 Å². The van der Waals surface area contributed by atoms with Crippen molar-refractivity contribution in [2.45, 2.75) is 55.2 Å². The lowest BCUT2D eigenvalue weighted by atomic mass is 10.00. The number of ether oxygens (including phenoxy) is 2. The van der Waals surface area contributed by atoms with Crippen LogP contribution in [0.3, 0.4) is 0 Å². The Morgan fingerprint density at radius 3 is 2.12 bits per heavy atom. The smallest absolute Gasteiger partial charge is 0.394 e. The predicted octanol–water partition coefficient (Wildman–Crippen LogP) is -4.00. The number of nitrogens with zero attached hydrogens (tertiary/aromatic N) is 2. The van der Waals surface area contributed by atoms with E-state index in [9.17, 15) is 58.7 Å². The summed E-state index contributed by atoms with van der Waals surface area (Å²) in [5, 5.41) is 58.9. The molecular weight excluding hydrogens is 647 g/mol. The summed E-state index contributed by atoms with van der Waals surface area (Å²) < 4.78 is 63.9. The highest BCUT2D eigenvalue weighted by atomic mass is 31.3. The van der Waals surface area contributed by atoms with Crippen LogP contribution in [0.15, 0.2) is 17.1 Å². The molecule has 0 bridgehead atoms. The zero-order chi connectivity index (χ0) is 31.6. The van der Waals surface area contributed by atoms with Gasteiger partial charge in [0.2, 0.25) is 0 Å². The minimum absolute atomic E-state index is 0.00768. The van der Waals surface area contributed by atoms with Gasteiger partial charge in [-0.05, 0) is 6.07 Å². The molecule has 0 spiro atoms. The molecule has 0 saturated carbocycles. The molecule has 2 aliphatic heterocycles. The van der Waals surface area contributed by atoms with Crippen molar-refractivity contribution >= 4 is 29.3 Å². The molecule has 0 radical (unpaired) electrons. The fourth-order valence-electron chi connectivity index (χ4n) is 3.64. The lowest BCUT2D eigenvalue weighted by Crippen LogP contribution is -2.58. The summed E-state index contributed by atoms with van der Waals surface area (Å²) in [6, 6.07) is 1.24. The number of phosphoric ester groups is 2. The molecule has 12 atom stereocenters. The summed E-state index contributed by atoms with van der Waals surface area (Å²) in [6.07, 6.45) is -15.9. The minimum atomic E-state index is -6.04. The first-order chi connectivity index (χ1) is 19.4. The number of phosphoric acid groups is 3. The van der Waals surface area contributed by atoms with Crippen LogP contribution in [-0.2, 0) is 45.7 Å². The molecule has 2 fully saturated rings. The lowest BCUT2D eigenvalue weighted by molar-refractivity contribution is -0.280. The average molecular weight is 675 g/mol. The van der Waals surface area contributed by atoms with Crippen LogP contribution in [0.2, 0.25) is 0 Å². The molecule has 2 aliphatic rings. The molecule has 1 aromatic rings. The maximum absolute atomic E-state index is 12.2. The van der Waals surface area contributed by atoms with Gasteiger partial charge in [0.25, 0.3) is 0 Å². The van der Waals surface area contributed by atoms with Crippen molar-refractivity contribution < 1.29 is 91.0 Å². The van der Waals surface area contributed by atoms with Crippen molar-refractivity contribution in [2.24, 2.45) is 0 Å². The van der Waals surface area contributed by atoms with Crippen LogP contribution < -0.4 is 11.2 Å². The van der Waals surface area contributed by atoms with Crippen LogP contribution in [0.4, 0.5) is 5.82 Å². The van der Waals surface area contributed by atoms with Crippen LogP contribution in [-0.4, -0.2) is 124 Å². The Bertz CT molecular complexity index is 1280. The third-order valence-corrected chi connectivity index (χ3v) is 9.80. The summed E-state index contributed by atoms with van der Waals surface area (Å²) >= 11 is 0.